The lowest BCUT2D eigenvalue weighted by Gasteiger charge is -2.40. The molecular formula is C22H24ClNO2. The van der Waals surface area contributed by atoms with E-state index in [0.717, 1.165) is 49.2 Å². The van der Waals surface area contributed by atoms with Gasteiger partial charge in [-0.3, -0.25) is 4.79 Å². The first kappa shape index (κ1) is 17.7. The number of nitrogens with zero attached hydrogens (tertiary/aromatic N) is 1. The van der Waals surface area contributed by atoms with Gasteiger partial charge in [0.05, 0.1) is 5.60 Å². The van der Waals surface area contributed by atoms with E-state index in [2.05, 4.69) is 4.90 Å². The third-order valence-electron chi connectivity index (χ3n) is 5.97. The highest BCUT2D eigenvalue weighted by molar-refractivity contribution is 6.32. The SMILES string of the molecule is O=C1c2cccc(Cl)c2CCC1CN1CCC(O)(c2ccccc2)CC1. The Labute approximate surface area is 159 Å². The zero-order valence-electron chi connectivity index (χ0n) is 14.8. The second-order valence-electron chi connectivity index (χ2n) is 7.56. The summed E-state index contributed by atoms with van der Waals surface area (Å²) in [6.07, 6.45) is 3.14. The van der Waals surface area contributed by atoms with Gasteiger partial charge in [0.2, 0.25) is 0 Å². The molecule has 4 rings (SSSR count). The highest BCUT2D eigenvalue weighted by Gasteiger charge is 2.36. The van der Waals surface area contributed by atoms with E-state index in [-0.39, 0.29) is 11.7 Å². The maximum absolute atomic E-state index is 12.9. The lowest BCUT2D eigenvalue weighted by atomic mass is 9.81. The number of hydrogen-bond donors (Lipinski definition) is 1. The fourth-order valence-electron chi connectivity index (χ4n) is 4.34. The lowest BCUT2D eigenvalue weighted by molar-refractivity contribution is -0.0283. The van der Waals surface area contributed by atoms with E-state index in [0.29, 0.717) is 17.9 Å². The van der Waals surface area contributed by atoms with Gasteiger partial charge in [-0.1, -0.05) is 54.1 Å². The molecule has 1 atom stereocenters. The van der Waals surface area contributed by atoms with Gasteiger partial charge < -0.3 is 10.0 Å². The zero-order chi connectivity index (χ0) is 18.1. The third-order valence-corrected chi connectivity index (χ3v) is 6.32. The summed E-state index contributed by atoms with van der Waals surface area (Å²) in [5, 5.41) is 11.7. The number of rotatable bonds is 3. The van der Waals surface area contributed by atoms with Crippen LogP contribution in [0, 0.1) is 5.92 Å². The van der Waals surface area contributed by atoms with Crippen molar-refractivity contribution in [2.75, 3.05) is 19.6 Å². The zero-order valence-corrected chi connectivity index (χ0v) is 15.6. The number of hydrogen-bond acceptors (Lipinski definition) is 3. The van der Waals surface area contributed by atoms with Gasteiger partial charge in [-0.15, -0.1) is 0 Å². The Bertz CT molecular complexity index is 797. The van der Waals surface area contributed by atoms with Gasteiger partial charge in [-0.2, -0.15) is 0 Å². The van der Waals surface area contributed by atoms with Crippen LogP contribution in [0.15, 0.2) is 48.5 Å². The molecule has 136 valence electrons. The molecule has 0 aromatic heterocycles. The first-order chi connectivity index (χ1) is 12.6. The minimum atomic E-state index is -0.742. The van der Waals surface area contributed by atoms with Crippen molar-refractivity contribution in [3.63, 3.8) is 0 Å². The molecular weight excluding hydrogens is 346 g/mol. The number of ketones is 1. The summed E-state index contributed by atoms with van der Waals surface area (Å²) in [4.78, 5) is 15.2. The number of halogens is 1. The normalized spacial score (nSPS) is 22.8. The topological polar surface area (TPSA) is 40.5 Å². The van der Waals surface area contributed by atoms with Crippen molar-refractivity contribution in [2.24, 2.45) is 5.92 Å². The second-order valence-corrected chi connectivity index (χ2v) is 7.97. The molecule has 2 aromatic rings. The average Bonchev–Trinajstić information content (AvgIpc) is 2.67. The molecule has 0 radical (unpaired) electrons. The summed E-state index contributed by atoms with van der Waals surface area (Å²) < 4.78 is 0. The molecule has 3 nitrogen and oxygen atoms in total. The van der Waals surface area contributed by atoms with Gasteiger partial charge in [-0.05, 0) is 42.9 Å². The van der Waals surface area contributed by atoms with Crippen LogP contribution < -0.4 is 0 Å². The fraction of sp³-hybridized carbons (Fsp3) is 0.409. The maximum atomic E-state index is 12.9. The van der Waals surface area contributed by atoms with E-state index in [4.69, 9.17) is 11.6 Å². The summed E-state index contributed by atoms with van der Waals surface area (Å²) in [6.45, 7) is 2.41. The lowest BCUT2D eigenvalue weighted by Crippen LogP contribution is -2.45. The Morgan fingerprint density at radius 2 is 1.81 bits per heavy atom. The van der Waals surface area contributed by atoms with Crippen LogP contribution in [0.2, 0.25) is 5.02 Å². The van der Waals surface area contributed by atoms with Crippen LogP contribution in [0.4, 0.5) is 0 Å². The predicted octanol–water partition coefficient (Wildman–Crippen LogP) is 4.07. The van der Waals surface area contributed by atoms with Crippen LogP contribution in [0.5, 0.6) is 0 Å². The van der Waals surface area contributed by atoms with Crippen molar-refractivity contribution in [3.8, 4) is 0 Å². The smallest absolute Gasteiger partial charge is 0.167 e. The van der Waals surface area contributed by atoms with Gasteiger partial charge in [0.15, 0.2) is 5.78 Å². The molecule has 1 aliphatic heterocycles. The molecule has 2 aliphatic rings. The number of benzene rings is 2. The van der Waals surface area contributed by atoms with E-state index in [9.17, 15) is 9.90 Å². The number of piperidine rings is 1. The molecule has 1 N–H and O–H groups in total. The standard InChI is InChI=1S/C22H24ClNO2/c23-20-8-4-7-19-18(20)10-9-16(21(19)25)15-24-13-11-22(26,12-14-24)17-5-2-1-3-6-17/h1-8,16,26H,9-15H2. The molecule has 1 heterocycles. The molecule has 26 heavy (non-hydrogen) atoms. The Morgan fingerprint density at radius 3 is 2.54 bits per heavy atom. The number of Topliss-reactive ketones (excluding diaryl/α,β-unsaturated/α-hetero) is 1. The Hall–Kier alpha value is -1.68. The molecule has 2 aromatic carbocycles. The van der Waals surface area contributed by atoms with Gasteiger partial charge in [-0.25, -0.2) is 0 Å². The quantitative estimate of drug-likeness (QED) is 0.886. The van der Waals surface area contributed by atoms with E-state index in [1.807, 2.05) is 48.5 Å². The Kier molecular flexibility index (Phi) is 4.87. The van der Waals surface area contributed by atoms with Gasteiger partial charge in [0, 0.05) is 36.1 Å². The molecule has 0 saturated carbocycles. The molecule has 1 aliphatic carbocycles. The van der Waals surface area contributed by atoms with Crippen molar-refractivity contribution in [1.29, 1.82) is 0 Å². The highest BCUT2D eigenvalue weighted by Crippen LogP contribution is 2.35. The third kappa shape index (κ3) is 3.32. The van der Waals surface area contributed by atoms with Crippen molar-refractivity contribution in [2.45, 2.75) is 31.3 Å². The highest BCUT2D eigenvalue weighted by atomic mass is 35.5. The summed E-state index contributed by atoms with van der Waals surface area (Å²) in [5.41, 5.74) is 2.06. The van der Waals surface area contributed by atoms with Crippen molar-refractivity contribution in [1.82, 2.24) is 4.90 Å². The monoisotopic (exact) mass is 369 g/mol. The summed E-state index contributed by atoms with van der Waals surface area (Å²) in [6, 6.07) is 15.6. The van der Waals surface area contributed by atoms with Crippen LogP contribution in [0.1, 0.15) is 40.7 Å². The second kappa shape index (κ2) is 7.15. The summed E-state index contributed by atoms with van der Waals surface area (Å²) in [5.74, 6) is 0.251. The van der Waals surface area contributed by atoms with Crippen LogP contribution in [0.3, 0.4) is 0 Å². The predicted molar refractivity (Wildman–Crippen MR) is 104 cm³/mol. The van der Waals surface area contributed by atoms with Gasteiger partial charge >= 0.3 is 0 Å². The maximum Gasteiger partial charge on any atom is 0.167 e. The molecule has 4 heteroatoms. The summed E-state index contributed by atoms with van der Waals surface area (Å²) >= 11 is 6.25. The number of carbonyl (C=O) groups is 1. The first-order valence-electron chi connectivity index (χ1n) is 9.39. The minimum absolute atomic E-state index is 0.0314. The minimum Gasteiger partial charge on any atom is -0.385 e. The van der Waals surface area contributed by atoms with E-state index in [1.54, 1.807) is 0 Å². The van der Waals surface area contributed by atoms with Crippen molar-refractivity contribution in [3.05, 3.63) is 70.2 Å². The molecule has 1 unspecified atom stereocenters. The van der Waals surface area contributed by atoms with Gasteiger partial charge in [0.1, 0.15) is 0 Å². The Balaban J connectivity index is 1.40. The first-order valence-corrected chi connectivity index (χ1v) is 9.76. The van der Waals surface area contributed by atoms with Crippen LogP contribution in [0.25, 0.3) is 0 Å². The fourth-order valence-corrected chi connectivity index (χ4v) is 4.61. The van der Waals surface area contributed by atoms with Crippen molar-refractivity contribution >= 4 is 17.4 Å². The molecule has 1 saturated heterocycles. The van der Waals surface area contributed by atoms with E-state index >= 15 is 0 Å². The van der Waals surface area contributed by atoms with Crippen LogP contribution in [-0.2, 0) is 12.0 Å². The van der Waals surface area contributed by atoms with Crippen LogP contribution in [-0.4, -0.2) is 35.4 Å². The molecule has 1 fully saturated rings. The van der Waals surface area contributed by atoms with E-state index < -0.39 is 5.60 Å². The molecule has 0 amide bonds. The average molecular weight is 370 g/mol. The van der Waals surface area contributed by atoms with Crippen molar-refractivity contribution < 1.29 is 9.90 Å². The van der Waals surface area contributed by atoms with Gasteiger partial charge in [0.25, 0.3) is 0 Å². The molecule has 0 bridgehead atoms. The number of fused-ring (bicyclic) bond motifs is 1. The number of aliphatic hydroxyl groups is 1. The molecule has 0 spiro atoms. The van der Waals surface area contributed by atoms with E-state index in [1.165, 1.54) is 0 Å². The largest absolute Gasteiger partial charge is 0.385 e. The number of likely N-dealkylation sites (tertiary alicyclic amines) is 1. The van der Waals surface area contributed by atoms with Crippen LogP contribution >= 0.6 is 11.6 Å². The number of carbonyl (C=O) groups excluding carboxylic acids is 1. The summed E-state index contributed by atoms with van der Waals surface area (Å²) in [7, 11) is 0. The Morgan fingerprint density at radius 1 is 1.08 bits per heavy atom.